The first kappa shape index (κ1) is 9.08. The summed E-state index contributed by atoms with van der Waals surface area (Å²) < 4.78 is 0. The number of piperidine rings is 1. The molecule has 0 amide bonds. The van der Waals surface area contributed by atoms with Crippen LogP contribution in [0.15, 0.2) is 5.16 Å². The van der Waals surface area contributed by atoms with E-state index in [4.69, 9.17) is 11.6 Å². The highest BCUT2D eigenvalue weighted by atomic mass is 16.4. The fourth-order valence-corrected chi connectivity index (χ4v) is 1.36. The van der Waals surface area contributed by atoms with Crippen molar-refractivity contribution in [2.75, 3.05) is 19.6 Å². The molecule has 0 aromatic carbocycles. The maximum absolute atomic E-state index is 8.49. The number of rotatable bonds is 2. The molecule has 1 saturated heterocycles. The molecule has 0 saturated carbocycles. The van der Waals surface area contributed by atoms with E-state index >= 15 is 0 Å². The maximum Gasteiger partial charge on any atom is 0.0596 e. The Morgan fingerprint density at radius 1 is 1.50 bits per heavy atom. The minimum absolute atomic E-state index is 0.811. The standard InChI is InChI=1S/C9H14N2O/c1-2-3-6-11-7-4-9(10-12)5-8-11/h1,12H,3-8H2. The number of oxime groups is 1. The highest BCUT2D eigenvalue weighted by Gasteiger charge is 2.13. The molecule has 1 aliphatic rings. The summed E-state index contributed by atoms with van der Waals surface area (Å²) in [5.74, 6) is 2.62. The van der Waals surface area contributed by atoms with E-state index in [0.29, 0.717) is 0 Å². The highest BCUT2D eigenvalue weighted by Crippen LogP contribution is 2.06. The third kappa shape index (κ3) is 2.55. The van der Waals surface area contributed by atoms with Gasteiger partial charge in [-0.2, -0.15) is 0 Å². The zero-order valence-corrected chi connectivity index (χ0v) is 7.16. The molecular weight excluding hydrogens is 152 g/mol. The maximum atomic E-state index is 8.49. The van der Waals surface area contributed by atoms with Crippen molar-refractivity contribution in [3.8, 4) is 12.3 Å². The van der Waals surface area contributed by atoms with Crippen molar-refractivity contribution < 1.29 is 5.21 Å². The molecule has 3 heteroatoms. The first-order valence-electron chi connectivity index (χ1n) is 4.22. The van der Waals surface area contributed by atoms with Gasteiger partial charge in [0.25, 0.3) is 0 Å². The second-order valence-electron chi connectivity index (χ2n) is 2.96. The Morgan fingerprint density at radius 2 is 2.17 bits per heavy atom. The minimum atomic E-state index is 0.811. The van der Waals surface area contributed by atoms with Gasteiger partial charge in [-0.3, -0.25) is 0 Å². The van der Waals surface area contributed by atoms with Gasteiger partial charge in [0.05, 0.1) is 5.71 Å². The monoisotopic (exact) mass is 166 g/mol. The van der Waals surface area contributed by atoms with Crippen LogP contribution in [0.5, 0.6) is 0 Å². The number of likely N-dealkylation sites (tertiary alicyclic amines) is 1. The Morgan fingerprint density at radius 3 is 2.67 bits per heavy atom. The Kier molecular flexibility index (Phi) is 3.62. The summed E-state index contributed by atoms with van der Waals surface area (Å²) in [7, 11) is 0. The number of hydrogen-bond donors (Lipinski definition) is 1. The molecule has 66 valence electrons. The van der Waals surface area contributed by atoms with Crippen LogP contribution in [0.3, 0.4) is 0 Å². The van der Waals surface area contributed by atoms with E-state index in [1.165, 1.54) is 0 Å². The predicted molar refractivity (Wildman–Crippen MR) is 48.3 cm³/mol. The van der Waals surface area contributed by atoms with E-state index < -0.39 is 0 Å². The molecule has 12 heavy (non-hydrogen) atoms. The number of terminal acetylenes is 1. The molecule has 0 unspecified atom stereocenters. The second-order valence-corrected chi connectivity index (χ2v) is 2.96. The molecule has 1 fully saturated rings. The third-order valence-electron chi connectivity index (χ3n) is 2.15. The van der Waals surface area contributed by atoms with E-state index in [1.807, 2.05) is 0 Å². The van der Waals surface area contributed by atoms with Crippen LogP contribution < -0.4 is 0 Å². The predicted octanol–water partition coefficient (Wildman–Crippen LogP) is 0.936. The molecule has 0 aromatic rings. The summed E-state index contributed by atoms with van der Waals surface area (Å²) in [6.45, 7) is 2.91. The Bertz CT molecular complexity index is 195. The van der Waals surface area contributed by atoms with E-state index in [9.17, 15) is 0 Å². The lowest BCUT2D eigenvalue weighted by Crippen LogP contribution is -2.34. The zero-order chi connectivity index (χ0) is 8.81. The van der Waals surface area contributed by atoms with Crippen LogP contribution in [0.1, 0.15) is 19.3 Å². The molecule has 0 atom stereocenters. The van der Waals surface area contributed by atoms with Crippen molar-refractivity contribution in [2.24, 2.45) is 5.16 Å². The summed E-state index contributed by atoms with van der Waals surface area (Å²) in [6, 6.07) is 0. The van der Waals surface area contributed by atoms with Gasteiger partial charge in [-0.05, 0) is 0 Å². The lowest BCUT2D eigenvalue weighted by Gasteiger charge is -2.25. The number of hydrogen-bond acceptors (Lipinski definition) is 3. The van der Waals surface area contributed by atoms with Crippen LogP contribution in [-0.4, -0.2) is 35.5 Å². The van der Waals surface area contributed by atoms with Gasteiger partial charge in [0.15, 0.2) is 0 Å². The van der Waals surface area contributed by atoms with E-state index in [-0.39, 0.29) is 0 Å². The van der Waals surface area contributed by atoms with Gasteiger partial charge in [0.1, 0.15) is 0 Å². The van der Waals surface area contributed by atoms with Gasteiger partial charge >= 0.3 is 0 Å². The molecule has 0 spiro atoms. The fraction of sp³-hybridized carbons (Fsp3) is 0.667. The fourth-order valence-electron chi connectivity index (χ4n) is 1.36. The van der Waals surface area contributed by atoms with Crippen LogP contribution >= 0.6 is 0 Å². The lowest BCUT2D eigenvalue weighted by atomic mass is 10.1. The molecule has 1 aliphatic heterocycles. The van der Waals surface area contributed by atoms with E-state index in [0.717, 1.165) is 44.6 Å². The molecule has 0 aliphatic carbocycles. The summed E-state index contributed by atoms with van der Waals surface area (Å²) in [5, 5.41) is 11.7. The van der Waals surface area contributed by atoms with Gasteiger partial charge in [0, 0.05) is 38.9 Å². The van der Waals surface area contributed by atoms with Crippen molar-refractivity contribution in [2.45, 2.75) is 19.3 Å². The smallest absolute Gasteiger partial charge is 0.0596 e. The quantitative estimate of drug-likeness (QED) is 0.376. The van der Waals surface area contributed by atoms with Gasteiger partial charge in [-0.25, -0.2) is 0 Å². The van der Waals surface area contributed by atoms with Gasteiger partial charge < -0.3 is 10.1 Å². The summed E-state index contributed by atoms with van der Waals surface area (Å²) >= 11 is 0. The molecule has 0 aromatic heterocycles. The summed E-state index contributed by atoms with van der Waals surface area (Å²) in [4.78, 5) is 2.30. The van der Waals surface area contributed by atoms with Crippen molar-refractivity contribution in [1.82, 2.24) is 4.90 Å². The van der Waals surface area contributed by atoms with Crippen molar-refractivity contribution in [1.29, 1.82) is 0 Å². The average molecular weight is 166 g/mol. The molecule has 0 radical (unpaired) electrons. The minimum Gasteiger partial charge on any atom is -0.411 e. The SMILES string of the molecule is C#CCCN1CCC(=NO)CC1. The van der Waals surface area contributed by atoms with Crippen molar-refractivity contribution in [3.05, 3.63) is 0 Å². The molecule has 1 N–H and O–H groups in total. The second kappa shape index (κ2) is 4.78. The first-order valence-corrected chi connectivity index (χ1v) is 4.22. The molecule has 1 heterocycles. The van der Waals surface area contributed by atoms with Gasteiger partial charge in [0.2, 0.25) is 0 Å². The Labute approximate surface area is 73.1 Å². The van der Waals surface area contributed by atoms with Crippen LogP contribution in [0.25, 0.3) is 0 Å². The topological polar surface area (TPSA) is 35.8 Å². The zero-order valence-electron chi connectivity index (χ0n) is 7.16. The van der Waals surface area contributed by atoms with Crippen molar-refractivity contribution >= 4 is 5.71 Å². The van der Waals surface area contributed by atoms with E-state index in [2.05, 4.69) is 16.0 Å². The summed E-state index contributed by atoms with van der Waals surface area (Å²) in [6.07, 6.45) is 7.72. The molecular formula is C9H14N2O. The highest BCUT2D eigenvalue weighted by molar-refractivity contribution is 5.84. The number of nitrogens with zero attached hydrogens (tertiary/aromatic N) is 2. The summed E-state index contributed by atoms with van der Waals surface area (Å²) in [5.41, 5.74) is 0.909. The molecule has 3 nitrogen and oxygen atoms in total. The lowest BCUT2D eigenvalue weighted by molar-refractivity contribution is 0.268. The van der Waals surface area contributed by atoms with E-state index in [1.54, 1.807) is 0 Å². The first-order chi connectivity index (χ1) is 5.86. The van der Waals surface area contributed by atoms with Crippen LogP contribution in [0.2, 0.25) is 0 Å². The third-order valence-corrected chi connectivity index (χ3v) is 2.15. The normalized spacial score (nSPS) is 18.8. The van der Waals surface area contributed by atoms with Gasteiger partial charge in [-0.1, -0.05) is 5.16 Å². The Balaban J connectivity index is 2.23. The Hall–Kier alpha value is -1.01. The molecule has 1 rings (SSSR count). The average Bonchev–Trinajstić information content (AvgIpc) is 2.15. The van der Waals surface area contributed by atoms with Gasteiger partial charge in [-0.15, -0.1) is 12.3 Å². The van der Waals surface area contributed by atoms with Crippen LogP contribution in [-0.2, 0) is 0 Å². The largest absolute Gasteiger partial charge is 0.411 e. The van der Waals surface area contributed by atoms with Crippen LogP contribution in [0.4, 0.5) is 0 Å². The van der Waals surface area contributed by atoms with Crippen LogP contribution in [0, 0.1) is 12.3 Å². The van der Waals surface area contributed by atoms with Crippen molar-refractivity contribution in [3.63, 3.8) is 0 Å². The molecule has 0 bridgehead atoms.